The van der Waals surface area contributed by atoms with Crippen LogP contribution < -0.4 is 14.8 Å². The van der Waals surface area contributed by atoms with E-state index in [1.807, 2.05) is 18.2 Å². The molecule has 1 atom stereocenters. The second kappa shape index (κ2) is 9.52. The number of amides is 1. The number of para-hydroxylation sites is 2. The predicted molar refractivity (Wildman–Crippen MR) is 111 cm³/mol. The lowest BCUT2D eigenvalue weighted by molar-refractivity contribution is -0.113. The zero-order valence-corrected chi connectivity index (χ0v) is 17.4. The molecule has 3 aromatic rings. The molecule has 1 unspecified atom stereocenters. The lowest BCUT2D eigenvalue weighted by Crippen LogP contribution is -2.21. The van der Waals surface area contributed by atoms with Gasteiger partial charge < -0.3 is 23.9 Å². The Morgan fingerprint density at radius 3 is 2.68 bits per heavy atom. The van der Waals surface area contributed by atoms with E-state index in [0.29, 0.717) is 29.4 Å². The molecule has 2 heterocycles. The highest BCUT2D eigenvalue weighted by atomic mass is 32.2. The first kappa shape index (κ1) is 20.7. The van der Waals surface area contributed by atoms with E-state index in [0.717, 1.165) is 11.8 Å². The van der Waals surface area contributed by atoms with Gasteiger partial charge >= 0.3 is 5.97 Å². The molecule has 1 amide bonds. The third-order valence-electron chi connectivity index (χ3n) is 4.21. The number of aromatic nitrogens is 2. The Kier molecular flexibility index (Phi) is 6.37. The van der Waals surface area contributed by atoms with Crippen molar-refractivity contribution in [1.82, 2.24) is 10.2 Å². The summed E-state index contributed by atoms with van der Waals surface area (Å²) in [4.78, 5) is 23.9. The van der Waals surface area contributed by atoms with Crippen LogP contribution in [0.5, 0.6) is 11.5 Å². The minimum atomic E-state index is -0.511. The Balaban J connectivity index is 1.28. The van der Waals surface area contributed by atoms with Crippen molar-refractivity contribution in [3.05, 3.63) is 60.0 Å². The molecule has 1 aromatic heterocycles. The second-order valence-electron chi connectivity index (χ2n) is 6.41. The maximum Gasteiger partial charge on any atom is 0.338 e. The number of carbonyl (C=O) groups excluding carboxylic acids is 2. The standard InChI is InChI=1S/C21H19N3O6S/c1-2-27-20(26)13-7-9-14(10-8-13)22-18(25)12-31-21-24-23-19(30-21)17-11-28-15-5-3-4-6-16(15)29-17/h3-10,17H,2,11-12H2,1H3,(H,22,25). The number of fused-ring (bicyclic) bond motifs is 1. The summed E-state index contributed by atoms with van der Waals surface area (Å²) in [6.45, 7) is 2.30. The van der Waals surface area contributed by atoms with Crippen molar-refractivity contribution in [3.8, 4) is 11.5 Å². The fourth-order valence-electron chi connectivity index (χ4n) is 2.78. The molecule has 2 aromatic carbocycles. The first-order valence-electron chi connectivity index (χ1n) is 9.54. The third kappa shape index (κ3) is 5.15. The van der Waals surface area contributed by atoms with Crippen LogP contribution in [0.3, 0.4) is 0 Å². The molecule has 4 rings (SSSR count). The number of carbonyl (C=O) groups is 2. The highest BCUT2D eigenvalue weighted by Gasteiger charge is 2.27. The van der Waals surface area contributed by atoms with Crippen LogP contribution in [-0.4, -0.2) is 41.0 Å². The minimum absolute atomic E-state index is 0.0755. The third-order valence-corrected chi connectivity index (χ3v) is 5.03. The van der Waals surface area contributed by atoms with Gasteiger partial charge in [0.05, 0.1) is 17.9 Å². The van der Waals surface area contributed by atoms with Gasteiger partial charge in [0.1, 0.15) is 6.61 Å². The number of thioether (sulfide) groups is 1. The van der Waals surface area contributed by atoms with E-state index in [-0.39, 0.29) is 29.4 Å². The molecule has 0 saturated carbocycles. The van der Waals surface area contributed by atoms with Crippen molar-refractivity contribution in [2.75, 3.05) is 24.3 Å². The van der Waals surface area contributed by atoms with Crippen LogP contribution in [0.25, 0.3) is 0 Å². The van der Waals surface area contributed by atoms with Crippen molar-refractivity contribution in [3.63, 3.8) is 0 Å². The lowest BCUT2D eigenvalue weighted by atomic mass is 10.2. The number of ether oxygens (including phenoxy) is 3. The summed E-state index contributed by atoms with van der Waals surface area (Å²) < 4.78 is 22.0. The normalized spacial score (nSPS) is 14.7. The summed E-state index contributed by atoms with van der Waals surface area (Å²) in [5, 5.41) is 11.0. The van der Waals surface area contributed by atoms with Crippen LogP contribution in [0.15, 0.2) is 58.2 Å². The Labute approximate surface area is 182 Å². The number of nitrogens with zero attached hydrogens (tertiary/aromatic N) is 2. The van der Waals surface area contributed by atoms with Crippen molar-refractivity contribution >= 4 is 29.3 Å². The number of nitrogens with one attached hydrogen (secondary N) is 1. The molecule has 0 spiro atoms. The van der Waals surface area contributed by atoms with Crippen molar-refractivity contribution in [2.24, 2.45) is 0 Å². The Bertz CT molecular complexity index is 1070. The zero-order valence-electron chi connectivity index (χ0n) is 16.6. The average Bonchev–Trinajstić information content (AvgIpc) is 3.27. The van der Waals surface area contributed by atoms with E-state index in [1.54, 1.807) is 37.3 Å². The van der Waals surface area contributed by atoms with Gasteiger partial charge in [0.25, 0.3) is 11.1 Å². The van der Waals surface area contributed by atoms with Crippen molar-refractivity contribution < 1.29 is 28.2 Å². The van der Waals surface area contributed by atoms with E-state index in [1.165, 1.54) is 0 Å². The summed E-state index contributed by atoms with van der Waals surface area (Å²) in [5.41, 5.74) is 0.987. The molecule has 0 fully saturated rings. The van der Waals surface area contributed by atoms with Crippen LogP contribution in [-0.2, 0) is 9.53 Å². The smallest absolute Gasteiger partial charge is 0.338 e. The molecule has 0 saturated heterocycles. The number of hydrogen-bond donors (Lipinski definition) is 1. The Morgan fingerprint density at radius 1 is 1.13 bits per heavy atom. The molecule has 0 radical (unpaired) electrons. The van der Waals surface area contributed by atoms with Gasteiger partial charge in [0.2, 0.25) is 12.0 Å². The molecular weight excluding hydrogens is 422 g/mol. The highest BCUT2D eigenvalue weighted by Crippen LogP contribution is 2.35. The van der Waals surface area contributed by atoms with Gasteiger partial charge in [-0.1, -0.05) is 23.9 Å². The van der Waals surface area contributed by atoms with Gasteiger partial charge in [-0.2, -0.15) is 0 Å². The summed E-state index contributed by atoms with van der Waals surface area (Å²) in [6.07, 6.45) is -0.511. The largest absolute Gasteiger partial charge is 0.485 e. The van der Waals surface area contributed by atoms with E-state index in [2.05, 4.69) is 15.5 Å². The summed E-state index contributed by atoms with van der Waals surface area (Å²) in [6, 6.07) is 13.8. The Hall–Kier alpha value is -3.53. The van der Waals surface area contributed by atoms with Gasteiger partial charge in [-0.05, 0) is 43.3 Å². The number of anilines is 1. The monoisotopic (exact) mass is 441 g/mol. The van der Waals surface area contributed by atoms with Gasteiger partial charge in [-0.15, -0.1) is 10.2 Å². The summed E-state index contributed by atoms with van der Waals surface area (Å²) >= 11 is 1.11. The first-order valence-corrected chi connectivity index (χ1v) is 10.5. The van der Waals surface area contributed by atoms with Crippen LogP contribution in [0, 0.1) is 0 Å². The number of esters is 1. The predicted octanol–water partition coefficient (Wildman–Crippen LogP) is 3.49. The van der Waals surface area contributed by atoms with Crippen LogP contribution in [0.4, 0.5) is 5.69 Å². The number of hydrogen-bond acceptors (Lipinski definition) is 9. The zero-order chi connectivity index (χ0) is 21.6. The minimum Gasteiger partial charge on any atom is -0.485 e. The van der Waals surface area contributed by atoms with E-state index >= 15 is 0 Å². The molecule has 1 aliphatic heterocycles. The molecule has 9 nitrogen and oxygen atoms in total. The van der Waals surface area contributed by atoms with Crippen molar-refractivity contribution in [2.45, 2.75) is 18.3 Å². The van der Waals surface area contributed by atoms with Crippen LogP contribution in [0.2, 0.25) is 0 Å². The average molecular weight is 441 g/mol. The van der Waals surface area contributed by atoms with E-state index in [9.17, 15) is 9.59 Å². The molecule has 160 valence electrons. The first-order chi connectivity index (χ1) is 15.1. The van der Waals surface area contributed by atoms with Crippen LogP contribution >= 0.6 is 11.8 Å². The number of rotatable bonds is 7. The quantitative estimate of drug-likeness (QED) is 0.435. The lowest BCUT2D eigenvalue weighted by Gasteiger charge is -2.23. The van der Waals surface area contributed by atoms with Gasteiger partial charge in [0, 0.05) is 5.69 Å². The topological polar surface area (TPSA) is 113 Å². The number of benzene rings is 2. The molecule has 10 heteroatoms. The molecule has 0 bridgehead atoms. The highest BCUT2D eigenvalue weighted by molar-refractivity contribution is 7.99. The van der Waals surface area contributed by atoms with E-state index in [4.69, 9.17) is 18.6 Å². The summed E-state index contributed by atoms with van der Waals surface area (Å²) in [7, 11) is 0. The summed E-state index contributed by atoms with van der Waals surface area (Å²) in [5.74, 6) is 0.983. The molecule has 0 aliphatic carbocycles. The molecule has 1 N–H and O–H groups in total. The Morgan fingerprint density at radius 2 is 1.90 bits per heavy atom. The SMILES string of the molecule is CCOC(=O)c1ccc(NC(=O)CSc2nnc(C3COc4ccccc4O3)o2)cc1. The molecule has 1 aliphatic rings. The second-order valence-corrected chi connectivity index (χ2v) is 7.33. The molecular formula is C21H19N3O6S. The van der Waals surface area contributed by atoms with Gasteiger partial charge in [-0.25, -0.2) is 4.79 Å². The maximum atomic E-state index is 12.2. The fraction of sp³-hybridized carbons (Fsp3) is 0.238. The van der Waals surface area contributed by atoms with E-state index < -0.39 is 12.1 Å². The van der Waals surface area contributed by atoms with Crippen molar-refractivity contribution in [1.29, 1.82) is 0 Å². The maximum absolute atomic E-state index is 12.2. The van der Waals surface area contributed by atoms with Crippen LogP contribution in [0.1, 0.15) is 29.3 Å². The fourth-order valence-corrected chi connectivity index (χ4v) is 3.35. The van der Waals surface area contributed by atoms with Gasteiger partial charge in [-0.3, -0.25) is 4.79 Å². The molecule has 31 heavy (non-hydrogen) atoms. The van der Waals surface area contributed by atoms with Gasteiger partial charge in [0.15, 0.2) is 11.5 Å².